The zero-order chi connectivity index (χ0) is 27.7. The van der Waals surface area contributed by atoms with E-state index in [1.807, 2.05) is 24.3 Å². The standard InChI is InChI=1S/C27H27BF3N3O4/c1-28(37)34(13-14-35)18-20-9-7-19(8-10-20)15-25-32-17-23(27(29,30)31)24(33-25)12-11-21-5-3-4-6-22(21)16-26(36)38-2/h3-10,17,35,37H,13-16,18H2,1-2H3. The highest BCUT2D eigenvalue weighted by atomic mass is 19.4. The lowest BCUT2D eigenvalue weighted by Crippen LogP contribution is -2.38. The summed E-state index contributed by atoms with van der Waals surface area (Å²) in [5, 5.41) is 19.0. The quantitative estimate of drug-likeness (QED) is 0.252. The molecule has 0 fully saturated rings. The summed E-state index contributed by atoms with van der Waals surface area (Å²) in [6, 6.07) is 13.9. The fourth-order valence-electron chi connectivity index (χ4n) is 3.66. The number of alkyl halides is 3. The molecular weight excluding hydrogens is 498 g/mol. The van der Waals surface area contributed by atoms with Gasteiger partial charge in [-0.05, 0) is 35.5 Å². The molecule has 38 heavy (non-hydrogen) atoms. The van der Waals surface area contributed by atoms with Crippen molar-refractivity contribution in [3.63, 3.8) is 0 Å². The van der Waals surface area contributed by atoms with Gasteiger partial charge >= 0.3 is 19.2 Å². The van der Waals surface area contributed by atoms with Crippen molar-refractivity contribution < 1.29 is 32.8 Å². The Morgan fingerprint density at radius 3 is 2.42 bits per heavy atom. The zero-order valence-electron chi connectivity index (χ0n) is 21.0. The minimum absolute atomic E-state index is 0.0620. The Hall–Kier alpha value is -3.72. The molecule has 2 aromatic carbocycles. The van der Waals surface area contributed by atoms with Crippen LogP contribution in [-0.4, -0.2) is 58.2 Å². The predicted octanol–water partition coefficient (Wildman–Crippen LogP) is 3.11. The summed E-state index contributed by atoms with van der Waals surface area (Å²) in [6.07, 6.45) is -3.84. The molecule has 0 aliphatic rings. The summed E-state index contributed by atoms with van der Waals surface area (Å²) < 4.78 is 45.6. The molecule has 2 N–H and O–H groups in total. The van der Waals surface area contributed by atoms with Crippen molar-refractivity contribution in [2.24, 2.45) is 0 Å². The maximum atomic E-state index is 13.6. The SMILES string of the molecule is COC(=O)Cc1ccccc1C#Cc1nc(Cc2ccc(CN(CCO)B(C)O)cc2)ncc1C(F)(F)F. The molecule has 11 heteroatoms. The van der Waals surface area contributed by atoms with E-state index in [9.17, 15) is 23.0 Å². The van der Waals surface area contributed by atoms with Crippen LogP contribution >= 0.6 is 0 Å². The summed E-state index contributed by atoms with van der Waals surface area (Å²) in [4.78, 5) is 21.4. The molecule has 0 saturated heterocycles. The van der Waals surface area contributed by atoms with Crippen LogP contribution in [0.4, 0.5) is 13.2 Å². The summed E-state index contributed by atoms with van der Waals surface area (Å²) in [7, 11) is 0.526. The van der Waals surface area contributed by atoms with Gasteiger partial charge < -0.3 is 19.7 Å². The van der Waals surface area contributed by atoms with Gasteiger partial charge in [-0.3, -0.25) is 4.79 Å². The molecule has 7 nitrogen and oxygen atoms in total. The van der Waals surface area contributed by atoms with Gasteiger partial charge in [0.25, 0.3) is 0 Å². The highest BCUT2D eigenvalue weighted by Crippen LogP contribution is 2.30. The molecule has 1 heterocycles. The van der Waals surface area contributed by atoms with E-state index in [1.54, 1.807) is 35.9 Å². The van der Waals surface area contributed by atoms with Crippen molar-refractivity contribution in [3.05, 3.63) is 94.1 Å². The minimum atomic E-state index is -4.69. The van der Waals surface area contributed by atoms with Gasteiger partial charge in [0.1, 0.15) is 17.1 Å². The molecule has 0 saturated carbocycles. The molecular formula is C27H27BF3N3O4. The molecule has 0 aliphatic carbocycles. The molecule has 198 valence electrons. The molecule has 0 aliphatic heterocycles. The number of carbonyl (C=O) groups excluding carboxylic acids is 1. The minimum Gasteiger partial charge on any atom is -0.469 e. The Balaban J connectivity index is 1.86. The number of aromatic nitrogens is 2. The Morgan fingerprint density at radius 1 is 1.11 bits per heavy atom. The van der Waals surface area contributed by atoms with E-state index in [1.165, 1.54) is 7.11 Å². The van der Waals surface area contributed by atoms with Crippen molar-refractivity contribution in [2.45, 2.75) is 32.4 Å². The third-order valence-electron chi connectivity index (χ3n) is 5.73. The van der Waals surface area contributed by atoms with Gasteiger partial charge in [0.05, 0.1) is 20.1 Å². The number of aliphatic hydroxyl groups is 1. The van der Waals surface area contributed by atoms with Crippen LogP contribution in [0.5, 0.6) is 0 Å². The molecule has 0 spiro atoms. The van der Waals surface area contributed by atoms with Crippen LogP contribution in [-0.2, 0) is 35.1 Å². The van der Waals surface area contributed by atoms with Crippen LogP contribution in [0.2, 0.25) is 6.82 Å². The molecule has 1 aromatic heterocycles. The second kappa shape index (κ2) is 13.2. The number of hydrogen-bond acceptors (Lipinski definition) is 7. The molecule has 0 atom stereocenters. The number of halogens is 3. The average Bonchev–Trinajstić information content (AvgIpc) is 2.88. The first kappa shape index (κ1) is 28.9. The van der Waals surface area contributed by atoms with Crippen molar-refractivity contribution in [3.8, 4) is 11.8 Å². The van der Waals surface area contributed by atoms with Gasteiger partial charge in [0.2, 0.25) is 0 Å². The number of esters is 1. The number of hydrogen-bond donors (Lipinski definition) is 2. The topological polar surface area (TPSA) is 95.8 Å². The second-order valence-electron chi connectivity index (χ2n) is 8.53. The summed E-state index contributed by atoms with van der Waals surface area (Å²) in [5.41, 5.74) is 1.10. The Bertz CT molecular complexity index is 1310. The highest BCUT2D eigenvalue weighted by molar-refractivity contribution is 6.45. The normalized spacial score (nSPS) is 11.2. The molecule has 0 unspecified atom stereocenters. The average molecular weight is 525 g/mol. The monoisotopic (exact) mass is 525 g/mol. The van der Waals surface area contributed by atoms with E-state index >= 15 is 0 Å². The summed E-state index contributed by atoms with van der Waals surface area (Å²) >= 11 is 0. The number of carbonyl (C=O) groups is 1. The largest absolute Gasteiger partial charge is 0.469 e. The van der Waals surface area contributed by atoms with Gasteiger partial charge in [-0.15, -0.1) is 0 Å². The van der Waals surface area contributed by atoms with Crippen molar-refractivity contribution in [2.75, 3.05) is 20.3 Å². The predicted molar refractivity (Wildman–Crippen MR) is 136 cm³/mol. The third-order valence-corrected chi connectivity index (χ3v) is 5.73. The van der Waals surface area contributed by atoms with Gasteiger partial charge in [-0.1, -0.05) is 48.4 Å². The molecule has 0 amide bonds. The van der Waals surface area contributed by atoms with Crippen LogP contribution < -0.4 is 0 Å². The van der Waals surface area contributed by atoms with Crippen LogP contribution in [0.25, 0.3) is 0 Å². The smallest absolute Gasteiger partial charge is 0.420 e. The lowest BCUT2D eigenvalue weighted by Gasteiger charge is -2.22. The second-order valence-corrected chi connectivity index (χ2v) is 8.53. The number of rotatable bonds is 9. The van der Waals surface area contributed by atoms with E-state index in [-0.39, 0.29) is 25.3 Å². The first-order valence-corrected chi connectivity index (χ1v) is 11.8. The Labute approximate surface area is 219 Å². The fraction of sp³-hybridized carbons (Fsp3) is 0.296. The first-order valence-electron chi connectivity index (χ1n) is 11.8. The van der Waals surface area contributed by atoms with E-state index in [2.05, 4.69) is 26.5 Å². The summed E-state index contributed by atoms with van der Waals surface area (Å²) in [6.45, 7) is 2.27. The van der Waals surface area contributed by atoms with E-state index in [0.717, 1.165) is 17.3 Å². The van der Waals surface area contributed by atoms with Gasteiger partial charge in [0, 0.05) is 31.3 Å². The van der Waals surface area contributed by atoms with Gasteiger partial charge in [-0.25, -0.2) is 9.97 Å². The highest BCUT2D eigenvalue weighted by Gasteiger charge is 2.34. The van der Waals surface area contributed by atoms with E-state index < -0.39 is 30.5 Å². The lowest BCUT2D eigenvalue weighted by molar-refractivity contribution is -0.140. The van der Waals surface area contributed by atoms with E-state index in [4.69, 9.17) is 5.11 Å². The fourth-order valence-corrected chi connectivity index (χ4v) is 3.66. The molecule has 0 bridgehead atoms. The maximum Gasteiger partial charge on any atom is 0.420 e. The van der Waals surface area contributed by atoms with Crippen LogP contribution in [0.1, 0.15) is 39.3 Å². The third kappa shape index (κ3) is 8.15. The zero-order valence-corrected chi connectivity index (χ0v) is 21.0. The van der Waals surface area contributed by atoms with Crippen molar-refractivity contribution in [1.29, 1.82) is 0 Å². The number of ether oxygens (including phenoxy) is 1. The van der Waals surface area contributed by atoms with Gasteiger partial charge in [-0.2, -0.15) is 13.2 Å². The Kier molecular flexibility index (Phi) is 10.0. The van der Waals surface area contributed by atoms with Crippen LogP contribution in [0.15, 0.2) is 54.7 Å². The number of aliphatic hydroxyl groups excluding tert-OH is 1. The Morgan fingerprint density at radius 2 is 1.79 bits per heavy atom. The van der Waals surface area contributed by atoms with Crippen LogP contribution in [0.3, 0.4) is 0 Å². The van der Waals surface area contributed by atoms with Gasteiger partial charge in [0.15, 0.2) is 0 Å². The van der Waals surface area contributed by atoms with Crippen molar-refractivity contribution >= 4 is 13.0 Å². The van der Waals surface area contributed by atoms with E-state index in [0.29, 0.717) is 24.2 Å². The number of methoxy groups -OCH3 is 1. The summed E-state index contributed by atoms with van der Waals surface area (Å²) in [5.74, 6) is 4.92. The number of nitrogens with zero attached hydrogens (tertiary/aromatic N) is 3. The molecule has 0 radical (unpaired) electrons. The lowest BCUT2D eigenvalue weighted by atomic mass is 9.84. The van der Waals surface area contributed by atoms with Crippen molar-refractivity contribution in [1.82, 2.24) is 14.8 Å². The molecule has 3 aromatic rings. The first-order chi connectivity index (χ1) is 18.1. The maximum absolute atomic E-state index is 13.6. The number of benzene rings is 2. The van der Waals surface area contributed by atoms with Crippen LogP contribution in [0, 0.1) is 11.8 Å². The molecule has 3 rings (SSSR count).